The standard InChI is InChI=1S/C36H39N3OS/c1-6-25-12-14-28(15-13-25)39-31-18-36(4,5)19-32(40)34(31)33(30(20-37)35(39)38)29-17-23(2)16-27(24(29)3)22-41-21-26-10-8-7-9-11-26/h7-17,33H,6,18-19,21-22,38H2,1-5H3. The van der Waals surface area contributed by atoms with Crippen LogP contribution in [-0.2, 0) is 22.7 Å². The van der Waals surface area contributed by atoms with Gasteiger partial charge in [-0.3, -0.25) is 9.69 Å². The van der Waals surface area contributed by atoms with Crippen molar-refractivity contribution in [3.05, 3.63) is 123 Å². The second-order valence-corrected chi connectivity index (χ2v) is 13.1. The third-order valence-electron chi connectivity index (χ3n) is 8.36. The van der Waals surface area contributed by atoms with Gasteiger partial charge in [-0.1, -0.05) is 80.9 Å². The number of nitrogens with two attached hydrogens (primary N) is 1. The molecule has 3 aromatic rings. The number of nitriles is 1. The van der Waals surface area contributed by atoms with Crippen LogP contribution >= 0.6 is 11.8 Å². The fraction of sp³-hybridized carbons (Fsp3) is 0.333. The second-order valence-electron chi connectivity index (χ2n) is 12.1. The highest BCUT2D eigenvalue weighted by atomic mass is 32.2. The van der Waals surface area contributed by atoms with Gasteiger partial charge in [0.1, 0.15) is 5.82 Å². The van der Waals surface area contributed by atoms with Gasteiger partial charge in [0.2, 0.25) is 0 Å². The Bertz CT molecular complexity index is 1580. The summed E-state index contributed by atoms with van der Waals surface area (Å²) in [4.78, 5) is 16.0. The van der Waals surface area contributed by atoms with Crippen LogP contribution < -0.4 is 10.6 Å². The Hall–Kier alpha value is -3.75. The van der Waals surface area contributed by atoms with Crippen LogP contribution in [0.4, 0.5) is 5.69 Å². The highest BCUT2D eigenvalue weighted by Gasteiger charge is 2.45. The lowest BCUT2D eigenvalue weighted by Crippen LogP contribution is -2.42. The molecule has 41 heavy (non-hydrogen) atoms. The summed E-state index contributed by atoms with van der Waals surface area (Å²) < 4.78 is 0. The van der Waals surface area contributed by atoms with Gasteiger partial charge in [-0.15, -0.1) is 0 Å². The van der Waals surface area contributed by atoms with E-state index < -0.39 is 5.92 Å². The monoisotopic (exact) mass is 561 g/mol. The number of anilines is 1. The molecule has 1 heterocycles. The molecule has 2 N–H and O–H groups in total. The maximum absolute atomic E-state index is 14.0. The van der Waals surface area contributed by atoms with Crippen LogP contribution in [-0.4, -0.2) is 5.78 Å². The van der Waals surface area contributed by atoms with Crippen molar-refractivity contribution in [3.8, 4) is 6.07 Å². The van der Waals surface area contributed by atoms with Gasteiger partial charge >= 0.3 is 0 Å². The Morgan fingerprint density at radius 2 is 1.71 bits per heavy atom. The van der Waals surface area contributed by atoms with E-state index in [0.29, 0.717) is 24.2 Å². The van der Waals surface area contributed by atoms with Gasteiger partial charge in [-0.05, 0) is 72.1 Å². The minimum Gasteiger partial charge on any atom is -0.384 e. The van der Waals surface area contributed by atoms with E-state index in [0.717, 1.165) is 51.6 Å². The molecule has 4 nitrogen and oxygen atoms in total. The predicted octanol–water partition coefficient (Wildman–Crippen LogP) is 8.24. The second kappa shape index (κ2) is 11.6. The number of hydrogen-bond donors (Lipinski definition) is 1. The zero-order valence-corrected chi connectivity index (χ0v) is 25.6. The van der Waals surface area contributed by atoms with Crippen LogP contribution in [0.25, 0.3) is 0 Å². The predicted molar refractivity (Wildman–Crippen MR) is 170 cm³/mol. The van der Waals surface area contributed by atoms with Crippen molar-refractivity contribution in [2.24, 2.45) is 11.1 Å². The minimum absolute atomic E-state index is 0.109. The fourth-order valence-electron chi connectivity index (χ4n) is 6.26. The van der Waals surface area contributed by atoms with Gasteiger partial charge in [-0.2, -0.15) is 17.0 Å². The van der Waals surface area contributed by atoms with E-state index in [1.165, 1.54) is 16.7 Å². The normalized spacial score (nSPS) is 18.4. The molecule has 5 rings (SSSR count). The number of carbonyl (C=O) groups is 1. The number of hydrogen-bond acceptors (Lipinski definition) is 5. The Morgan fingerprint density at radius 1 is 1.00 bits per heavy atom. The molecule has 0 radical (unpaired) electrons. The molecule has 0 saturated heterocycles. The molecule has 1 aliphatic carbocycles. The summed E-state index contributed by atoms with van der Waals surface area (Å²) in [7, 11) is 0. The number of benzene rings is 3. The zero-order valence-electron chi connectivity index (χ0n) is 24.8. The highest BCUT2D eigenvalue weighted by Crippen LogP contribution is 2.51. The lowest BCUT2D eigenvalue weighted by atomic mass is 9.68. The van der Waals surface area contributed by atoms with Crippen molar-refractivity contribution in [1.29, 1.82) is 5.26 Å². The summed E-state index contributed by atoms with van der Waals surface area (Å²) in [6.07, 6.45) is 2.10. The van der Waals surface area contributed by atoms with Gasteiger partial charge in [-0.25, -0.2) is 0 Å². The summed E-state index contributed by atoms with van der Waals surface area (Å²) in [6, 6.07) is 25.6. The van der Waals surface area contributed by atoms with Crippen molar-refractivity contribution in [2.75, 3.05) is 4.90 Å². The first-order valence-corrected chi connectivity index (χ1v) is 15.6. The molecule has 0 spiro atoms. The van der Waals surface area contributed by atoms with Crippen molar-refractivity contribution in [2.45, 2.75) is 71.3 Å². The van der Waals surface area contributed by atoms with Gasteiger partial charge in [0.05, 0.1) is 17.6 Å². The summed E-state index contributed by atoms with van der Waals surface area (Å²) in [5.74, 6) is 1.84. The van der Waals surface area contributed by atoms with Gasteiger partial charge in [0.25, 0.3) is 0 Å². The molecular formula is C36H39N3OS. The molecule has 3 aromatic carbocycles. The largest absolute Gasteiger partial charge is 0.384 e. The number of Topliss-reactive ketones (excluding diaryl/α,β-unsaturated/α-hetero) is 1. The zero-order chi connectivity index (χ0) is 29.3. The topological polar surface area (TPSA) is 70.1 Å². The number of aryl methyl sites for hydroxylation is 2. The van der Waals surface area contributed by atoms with Crippen molar-refractivity contribution in [1.82, 2.24) is 0 Å². The lowest BCUT2D eigenvalue weighted by molar-refractivity contribution is -0.118. The SMILES string of the molecule is CCc1ccc(N2C(N)=C(C#N)C(c3cc(C)cc(CSCc4ccccc4)c3C)C3=C2CC(C)(C)CC3=O)cc1. The van der Waals surface area contributed by atoms with E-state index in [2.05, 4.69) is 101 Å². The molecule has 1 atom stereocenters. The van der Waals surface area contributed by atoms with E-state index in [1.54, 1.807) is 0 Å². The molecule has 0 aromatic heterocycles. The maximum atomic E-state index is 14.0. The summed E-state index contributed by atoms with van der Waals surface area (Å²) >= 11 is 1.88. The molecular weight excluding hydrogens is 522 g/mol. The molecule has 1 unspecified atom stereocenters. The lowest BCUT2D eigenvalue weighted by Gasteiger charge is -2.44. The first-order valence-electron chi connectivity index (χ1n) is 14.4. The molecule has 0 fully saturated rings. The molecule has 1 aliphatic heterocycles. The van der Waals surface area contributed by atoms with E-state index in [4.69, 9.17) is 5.73 Å². The van der Waals surface area contributed by atoms with E-state index >= 15 is 0 Å². The number of allylic oxidation sites excluding steroid dienone is 3. The van der Waals surface area contributed by atoms with Crippen molar-refractivity contribution >= 4 is 23.2 Å². The number of nitrogens with zero attached hydrogens (tertiary/aromatic N) is 2. The number of thioether (sulfide) groups is 1. The third kappa shape index (κ3) is 5.72. The molecule has 5 heteroatoms. The van der Waals surface area contributed by atoms with E-state index in [1.807, 2.05) is 22.7 Å². The molecule has 0 bridgehead atoms. The van der Waals surface area contributed by atoms with Crippen LogP contribution in [0, 0.1) is 30.6 Å². The minimum atomic E-state index is -0.470. The Labute approximate surface area is 249 Å². The number of ketones is 1. The Kier molecular flexibility index (Phi) is 8.16. The first-order chi connectivity index (χ1) is 19.6. The highest BCUT2D eigenvalue weighted by molar-refractivity contribution is 7.97. The maximum Gasteiger partial charge on any atom is 0.162 e. The summed E-state index contributed by atoms with van der Waals surface area (Å²) in [5, 5.41) is 10.6. The summed E-state index contributed by atoms with van der Waals surface area (Å²) in [5.41, 5.74) is 16.7. The first kappa shape index (κ1) is 28.8. The third-order valence-corrected chi connectivity index (χ3v) is 9.42. The van der Waals surface area contributed by atoms with Crippen LogP contribution in [0.2, 0.25) is 0 Å². The van der Waals surface area contributed by atoms with E-state index in [-0.39, 0.29) is 11.2 Å². The van der Waals surface area contributed by atoms with Gasteiger partial charge in [0, 0.05) is 34.9 Å². The molecule has 0 amide bonds. The van der Waals surface area contributed by atoms with Crippen LogP contribution in [0.1, 0.15) is 72.9 Å². The van der Waals surface area contributed by atoms with Gasteiger partial charge < -0.3 is 5.73 Å². The summed E-state index contributed by atoms with van der Waals surface area (Å²) in [6.45, 7) is 10.6. The quantitative estimate of drug-likeness (QED) is 0.315. The fourth-order valence-corrected chi connectivity index (χ4v) is 7.31. The van der Waals surface area contributed by atoms with Crippen molar-refractivity contribution < 1.29 is 4.79 Å². The average Bonchev–Trinajstić information content (AvgIpc) is 2.94. The van der Waals surface area contributed by atoms with Crippen molar-refractivity contribution in [3.63, 3.8) is 0 Å². The Morgan fingerprint density at radius 3 is 2.37 bits per heavy atom. The molecule has 0 saturated carbocycles. The van der Waals surface area contributed by atoms with Crippen LogP contribution in [0.5, 0.6) is 0 Å². The van der Waals surface area contributed by atoms with Crippen LogP contribution in [0.3, 0.4) is 0 Å². The Balaban J connectivity index is 1.62. The smallest absolute Gasteiger partial charge is 0.162 e. The van der Waals surface area contributed by atoms with E-state index in [9.17, 15) is 10.1 Å². The van der Waals surface area contributed by atoms with Gasteiger partial charge in [0.15, 0.2) is 5.78 Å². The number of carbonyl (C=O) groups excluding carboxylic acids is 1. The molecule has 210 valence electrons. The number of rotatable bonds is 7. The van der Waals surface area contributed by atoms with Crippen LogP contribution in [0.15, 0.2) is 89.4 Å². The molecule has 2 aliphatic rings. The average molecular weight is 562 g/mol.